The van der Waals surface area contributed by atoms with Crippen LogP contribution >= 0.6 is 0 Å². The van der Waals surface area contributed by atoms with E-state index >= 15 is 0 Å². The minimum atomic E-state index is -3.83. The Kier molecular flexibility index (Phi) is 6.84. The molecule has 1 amide bonds. The maximum Gasteiger partial charge on any atom is 0.262 e. The second-order valence-corrected chi connectivity index (χ2v) is 9.55. The van der Waals surface area contributed by atoms with Crippen LogP contribution < -0.4 is 19.5 Å². The predicted octanol–water partition coefficient (Wildman–Crippen LogP) is 4.18. The standard InChI is InChI=1S/C25H26N2O5S/c1-18(19-6-3-2-4-7-19)17-26-25(28)20-8-10-21(11-9-20)27-33(29,30)22-12-13-23-24(16-22)32-15-5-14-31-23/h2-4,6-13,16,18,27H,5,14-15,17H2,1H3,(H,26,28). The molecule has 1 atom stereocenters. The van der Waals surface area contributed by atoms with Gasteiger partial charge in [-0.15, -0.1) is 0 Å². The van der Waals surface area contributed by atoms with Gasteiger partial charge in [-0.2, -0.15) is 0 Å². The van der Waals surface area contributed by atoms with Crippen molar-refractivity contribution < 1.29 is 22.7 Å². The summed E-state index contributed by atoms with van der Waals surface area (Å²) in [4.78, 5) is 12.6. The van der Waals surface area contributed by atoms with E-state index in [4.69, 9.17) is 9.47 Å². The first-order valence-corrected chi connectivity index (χ1v) is 12.3. The van der Waals surface area contributed by atoms with Gasteiger partial charge >= 0.3 is 0 Å². The Hall–Kier alpha value is -3.52. The largest absolute Gasteiger partial charge is 0.490 e. The van der Waals surface area contributed by atoms with E-state index in [0.29, 0.717) is 42.5 Å². The molecule has 1 unspecified atom stereocenters. The molecule has 1 aliphatic rings. The van der Waals surface area contributed by atoms with Gasteiger partial charge in [0, 0.05) is 30.3 Å². The molecule has 0 spiro atoms. The first-order valence-electron chi connectivity index (χ1n) is 10.8. The summed E-state index contributed by atoms with van der Waals surface area (Å²) >= 11 is 0. The molecule has 0 aliphatic carbocycles. The van der Waals surface area contributed by atoms with Crippen LogP contribution in [0, 0.1) is 0 Å². The fourth-order valence-electron chi connectivity index (χ4n) is 3.46. The molecule has 0 aromatic heterocycles. The van der Waals surface area contributed by atoms with E-state index in [0.717, 1.165) is 12.0 Å². The van der Waals surface area contributed by atoms with Crippen LogP contribution in [-0.2, 0) is 10.0 Å². The number of fused-ring (bicyclic) bond motifs is 1. The number of carbonyl (C=O) groups excluding carboxylic acids is 1. The highest BCUT2D eigenvalue weighted by atomic mass is 32.2. The number of ether oxygens (including phenoxy) is 2. The Morgan fingerprint density at radius 3 is 2.36 bits per heavy atom. The van der Waals surface area contributed by atoms with Crippen LogP contribution in [0.2, 0.25) is 0 Å². The number of hydrogen-bond donors (Lipinski definition) is 2. The van der Waals surface area contributed by atoms with Crippen molar-refractivity contribution in [3.05, 3.63) is 83.9 Å². The average molecular weight is 467 g/mol. The zero-order valence-corrected chi connectivity index (χ0v) is 19.1. The second-order valence-electron chi connectivity index (χ2n) is 7.86. The minimum absolute atomic E-state index is 0.0727. The molecule has 2 N–H and O–H groups in total. The highest BCUT2D eigenvalue weighted by Gasteiger charge is 2.19. The van der Waals surface area contributed by atoms with E-state index in [9.17, 15) is 13.2 Å². The third kappa shape index (κ3) is 5.64. The Morgan fingerprint density at radius 1 is 0.939 bits per heavy atom. The summed E-state index contributed by atoms with van der Waals surface area (Å²) in [6.07, 6.45) is 0.736. The van der Waals surface area contributed by atoms with Crippen LogP contribution in [0.15, 0.2) is 77.7 Å². The van der Waals surface area contributed by atoms with E-state index in [-0.39, 0.29) is 16.7 Å². The number of nitrogens with one attached hydrogen (secondary N) is 2. The molecule has 1 aliphatic heterocycles. The van der Waals surface area contributed by atoms with Crippen LogP contribution in [0.5, 0.6) is 11.5 Å². The van der Waals surface area contributed by atoms with Crippen molar-refractivity contribution >= 4 is 21.6 Å². The first-order chi connectivity index (χ1) is 15.9. The van der Waals surface area contributed by atoms with Gasteiger partial charge in [-0.05, 0) is 47.9 Å². The minimum Gasteiger partial charge on any atom is -0.490 e. The van der Waals surface area contributed by atoms with Crippen LogP contribution in [0.3, 0.4) is 0 Å². The van der Waals surface area contributed by atoms with Gasteiger partial charge in [0.05, 0.1) is 18.1 Å². The molecule has 4 rings (SSSR count). The molecule has 0 bridgehead atoms. The van der Waals surface area contributed by atoms with Crippen molar-refractivity contribution in [1.29, 1.82) is 0 Å². The van der Waals surface area contributed by atoms with E-state index < -0.39 is 10.0 Å². The first kappa shape index (κ1) is 22.7. The van der Waals surface area contributed by atoms with Crippen LogP contribution in [0.4, 0.5) is 5.69 Å². The molecule has 8 heteroatoms. The summed E-state index contributed by atoms with van der Waals surface area (Å²) in [5.74, 6) is 0.905. The maximum absolute atomic E-state index is 12.8. The van der Waals surface area contributed by atoms with Crippen LogP contribution in [0.1, 0.15) is 35.2 Å². The molecule has 0 saturated carbocycles. The Morgan fingerprint density at radius 2 is 1.64 bits per heavy atom. The second kappa shape index (κ2) is 9.95. The highest BCUT2D eigenvalue weighted by molar-refractivity contribution is 7.92. The summed E-state index contributed by atoms with van der Waals surface area (Å²) < 4.78 is 39.3. The summed E-state index contributed by atoms with van der Waals surface area (Å²) in [6, 6.07) is 20.8. The van der Waals surface area contributed by atoms with Crippen LogP contribution in [0.25, 0.3) is 0 Å². The van der Waals surface area contributed by atoms with Crippen molar-refractivity contribution in [3.63, 3.8) is 0 Å². The van der Waals surface area contributed by atoms with Gasteiger partial charge in [-0.1, -0.05) is 37.3 Å². The topological polar surface area (TPSA) is 93.7 Å². The molecule has 3 aromatic carbocycles. The normalized spacial score (nSPS) is 14.1. The van der Waals surface area contributed by atoms with Gasteiger partial charge in [0.15, 0.2) is 11.5 Å². The van der Waals surface area contributed by atoms with E-state index in [2.05, 4.69) is 10.0 Å². The van der Waals surface area contributed by atoms with Gasteiger partial charge < -0.3 is 14.8 Å². The number of amides is 1. The molecule has 33 heavy (non-hydrogen) atoms. The molecule has 0 saturated heterocycles. The van der Waals surface area contributed by atoms with Gasteiger partial charge in [0.1, 0.15) is 0 Å². The molecule has 0 radical (unpaired) electrons. The lowest BCUT2D eigenvalue weighted by molar-refractivity contribution is 0.0951. The Bertz CT molecular complexity index is 1210. The molecule has 172 valence electrons. The third-order valence-electron chi connectivity index (χ3n) is 5.37. The van der Waals surface area contributed by atoms with Gasteiger partial charge in [0.25, 0.3) is 15.9 Å². The van der Waals surface area contributed by atoms with E-state index in [1.54, 1.807) is 30.3 Å². The zero-order chi connectivity index (χ0) is 23.3. The molecular weight excluding hydrogens is 440 g/mol. The van der Waals surface area contributed by atoms with Crippen LogP contribution in [-0.4, -0.2) is 34.1 Å². The lowest BCUT2D eigenvalue weighted by Gasteiger charge is -2.14. The Labute approximate surface area is 193 Å². The molecule has 0 fully saturated rings. The quantitative estimate of drug-likeness (QED) is 0.545. The van der Waals surface area contributed by atoms with Gasteiger partial charge in [0.2, 0.25) is 0 Å². The fourth-order valence-corrected chi connectivity index (χ4v) is 4.54. The average Bonchev–Trinajstić information content (AvgIpc) is 3.08. The maximum atomic E-state index is 12.8. The summed E-state index contributed by atoms with van der Waals surface area (Å²) in [7, 11) is -3.83. The summed E-state index contributed by atoms with van der Waals surface area (Å²) in [6.45, 7) is 3.55. The van der Waals surface area contributed by atoms with Crippen molar-refractivity contribution in [2.75, 3.05) is 24.5 Å². The summed E-state index contributed by atoms with van der Waals surface area (Å²) in [5, 5.41) is 2.92. The van der Waals surface area contributed by atoms with Crippen molar-refractivity contribution in [2.45, 2.75) is 24.2 Å². The lowest BCUT2D eigenvalue weighted by atomic mass is 10.0. The number of sulfonamides is 1. The summed E-state index contributed by atoms with van der Waals surface area (Å²) in [5.41, 5.74) is 1.96. The van der Waals surface area contributed by atoms with Gasteiger partial charge in [-0.25, -0.2) is 8.42 Å². The number of hydrogen-bond acceptors (Lipinski definition) is 5. The van der Waals surface area contributed by atoms with Crippen molar-refractivity contribution in [1.82, 2.24) is 5.32 Å². The van der Waals surface area contributed by atoms with Crippen molar-refractivity contribution in [2.24, 2.45) is 0 Å². The fraction of sp³-hybridized carbons (Fsp3) is 0.240. The highest BCUT2D eigenvalue weighted by Crippen LogP contribution is 2.32. The predicted molar refractivity (Wildman–Crippen MR) is 126 cm³/mol. The monoisotopic (exact) mass is 466 g/mol. The van der Waals surface area contributed by atoms with E-state index in [1.807, 2.05) is 37.3 Å². The number of benzene rings is 3. The molecule has 7 nitrogen and oxygen atoms in total. The van der Waals surface area contributed by atoms with E-state index in [1.165, 1.54) is 12.1 Å². The smallest absolute Gasteiger partial charge is 0.262 e. The van der Waals surface area contributed by atoms with Gasteiger partial charge in [-0.3, -0.25) is 9.52 Å². The Balaban J connectivity index is 1.38. The lowest BCUT2D eigenvalue weighted by Crippen LogP contribution is -2.27. The molecule has 1 heterocycles. The molecular formula is C25H26N2O5S. The number of carbonyl (C=O) groups is 1. The zero-order valence-electron chi connectivity index (χ0n) is 18.3. The molecule has 3 aromatic rings. The SMILES string of the molecule is CC(CNC(=O)c1ccc(NS(=O)(=O)c2ccc3c(c2)OCCCO3)cc1)c1ccccc1. The number of rotatable bonds is 7. The van der Waals surface area contributed by atoms with Crippen molar-refractivity contribution in [3.8, 4) is 11.5 Å². The third-order valence-corrected chi connectivity index (χ3v) is 6.74. The number of anilines is 1.